The second-order valence-electron chi connectivity index (χ2n) is 4.00. The van der Waals surface area contributed by atoms with E-state index >= 15 is 0 Å². The minimum Gasteiger partial charge on any atom is -0.389 e. The fraction of sp³-hybridized carbons (Fsp3) is 0.0714. The maximum absolute atomic E-state index is 5.61. The van der Waals surface area contributed by atoms with Gasteiger partial charge in [-0.25, -0.2) is 0 Å². The molecule has 0 fully saturated rings. The summed E-state index contributed by atoms with van der Waals surface area (Å²) in [5, 5.41) is 3.38. The lowest BCUT2D eigenvalue weighted by molar-refractivity contribution is 1.41. The maximum atomic E-state index is 5.61. The molecule has 0 unspecified atom stereocenters. The summed E-state index contributed by atoms with van der Waals surface area (Å²) in [6.07, 6.45) is 0. The SMILES string of the molecule is Cc1cc(C(N)=S)ccc1Nc1ccccc1Br. The molecule has 0 saturated carbocycles. The van der Waals surface area contributed by atoms with Crippen LogP contribution in [0.3, 0.4) is 0 Å². The zero-order chi connectivity index (χ0) is 13.1. The number of aryl methyl sites for hydroxylation is 1. The van der Waals surface area contributed by atoms with Crippen molar-refractivity contribution in [2.24, 2.45) is 5.73 Å². The molecule has 2 aromatic rings. The number of hydrogen-bond acceptors (Lipinski definition) is 2. The van der Waals surface area contributed by atoms with Crippen molar-refractivity contribution in [1.82, 2.24) is 0 Å². The van der Waals surface area contributed by atoms with Crippen LogP contribution in [0.2, 0.25) is 0 Å². The van der Waals surface area contributed by atoms with Gasteiger partial charge in [-0.15, -0.1) is 0 Å². The third-order valence-electron chi connectivity index (χ3n) is 2.65. The lowest BCUT2D eigenvalue weighted by atomic mass is 10.1. The van der Waals surface area contributed by atoms with Crippen molar-refractivity contribution in [2.75, 3.05) is 5.32 Å². The fourth-order valence-electron chi connectivity index (χ4n) is 1.66. The number of nitrogens with two attached hydrogens (primary N) is 1. The molecule has 3 N–H and O–H groups in total. The van der Waals surface area contributed by atoms with Gasteiger partial charge in [-0.05, 0) is 58.7 Å². The highest BCUT2D eigenvalue weighted by Crippen LogP contribution is 2.27. The van der Waals surface area contributed by atoms with Gasteiger partial charge in [0.15, 0.2) is 0 Å². The summed E-state index contributed by atoms with van der Waals surface area (Å²) in [6, 6.07) is 13.9. The normalized spacial score (nSPS) is 10.1. The summed E-state index contributed by atoms with van der Waals surface area (Å²) < 4.78 is 1.03. The zero-order valence-corrected chi connectivity index (χ0v) is 12.3. The lowest BCUT2D eigenvalue weighted by Gasteiger charge is -2.12. The highest BCUT2D eigenvalue weighted by Gasteiger charge is 2.04. The quantitative estimate of drug-likeness (QED) is 0.835. The second kappa shape index (κ2) is 5.50. The Bertz CT molecular complexity index is 596. The fourth-order valence-corrected chi connectivity index (χ4v) is 2.18. The van der Waals surface area contributed by atoms with Gasteiger partial charge in [0.05, 0.1) is 5.69 Å². The van der Waals surface area contributed by atoms with Crippen LogP contribution in [0.5, 0.6) is 0 Å². The van der Waals surface area contributed by atoms with E-state index in [2.05, 4.69) is 21.2 Å². The molecule has 18 heavy (non-hydrogen) atoms. The Balaban J connectivity index is 2.30. The van der Waals surface area contributed by atoms with E-state index in [4.69, 9.17) is 18.0 Å². The van der Waals surface area contributed by atoms with Crippen molar-refractivity contribution < 1.29 is 0 Å². The lowest BCUT2D eigenvalue weighted by Crippen LogP contribution is -2.09. The molecule has 0 aliphatic heterocycles. The van der Waals surface area contributed by atoms with E-state index in [-0.39, 0.29) is 0 Å². The monoisotopic (exact) mass is 320 g/mol. The van der Waals surface area contributed by atoms with E-state index in [1.165, 1.54) is 0 Å². The zero-order valence-electron chi connectivity index (χ0n) is 9.91. The largest absolute Gasteiger partial charge is 0.389 e. The molecule has 92 valence electrons. The standard InChI is InChI=1S/C14H13BrN2S/c1-9-8-10(14(16)18)6-7-12(9)17-13-5-3-2-4-11(13)15/h2-8,17H,1H3,(H2,16,18). The van der Waals surface area contributed by atoms with Gasteiger partial charge in [0.25, 0.3) is 0 Å². The molecule has 0 atom stereocenters. The summed E-state index contributed by atoms with van der Waals surface area (Å²) in [5.74, 6) is 0. The van der Waals surface area contributed by atoms with E-state index in [1.807, 2.05) is 49.4 Å². The number of para-hydroxylation sites is 1. The number of halogens is 1. The molecule has 0 amide bonds. The van der Waals surface area contributed by atoms with Gasteiger partial charge < -0.3 is 11.1 Å². The Morgan fingerprint density at radius 1 is 1.17 bits per heavy atom. The molecule has 0 spiro atoms. The molecular weight excluding hydrogens is 308 g/mol. The average Bonchev–Trinajstić information content (AvgIpc) is 2.34. The van der Waals surface area contributed by atoms with Gasteiger partial charge in [0.2, 0.25) is 0 Å². The minimum absolute atomic E-state index is 0.422. The Hall–Kier alpha value is -1.39. The van der Waals surface area contributed by atoms with Crippen LogP contribution in [0.25, 0.3) is 0 Å². The topological polar surface area (TPSA) is 38.0 Å². The first-order chi connectivity index (χ1) is 8.58. The molecule has 0 radical (unpaired) electrons. The predicted molar refractivity (Wildman–Crippen MR) is 84.5 cm³/mol. The van der Waals surface area contributed by atoms with Gasteiger partial charge >= 0.3 is 0 Å². The van der Waals surface area contributed by atoms with Crippen molar-refractivity contribution in [2.45, 2.75) is 6.92 Å². The molecule has 0 aliphatic rings. The first kappa shape index (κ1) is 13.1. The van der Waals surface area contributed by atoms with E-state index < -0.39 is 0 Å². The molecule has 2 rings (SSSR count). The Morgan fingerprint density at radius 3 is 2.50 bits per heavy atom. The Labute approximate surface area is 120 Å². The third kappa shape index (κ3) is 2.89. The van der Waals surface area contributed by atoms with Gasteiger partial charge in [-0.3, -0.25) is 0 Å². The van der Waals surface area contributed by atoms with E-state index in [0.717, 1.165) is 27.0 Å². The van der Waals surface area contributed by atoms with Gasteiger partial charge in [-0.2, -0.15) is 0 Å². The van der Waals surface area contributed by atoms with Crippen molar-refractivity contribution >= 4 is 44.5 Å². The van der Waals surface area contributed by atoms with Gasteiger partial charge in [0, 0.05) is 15.7 Å². The molecule has 0 aliphatic carbocycles. The van der Waals surface area contributed by atoms with Crippen LogP contribution in [-0.4, -0.2) is 4.99 Å². The van der Waals surface area contributed by atoms with Gasteiger partial charge in [0.1, 0.15) is 4.99 Å². The molecular formula is C14H13BrN2S. The van der Waals surface area contributed by atoms with Crippen molar-refractivity contribution in [3.05, 3.63) is 58.1 Å². The van der Waals surface area contributed by atoms with Crippen LogP contribution >= 0.6 is 28.1 Å². The number of rotatable bonds is 3. The van der Waals surface area contributed by atoms with Crippen LogP contribution in [0.1, 0.15) is 11.1 Å². The van der Waals surface area contributed by atoms with Crippen molar-refractivity contribution in [1.29, 1.82) is 0 Å². The van der Waals surface area contributed by atoms with Gasteiger partial charge in [-0.1, -0.05) is 24.4 Å². The molecule has 0 saturated heterocycles. The summed E-state index contributed by atoms with van der Waals surface area (Å²) in [6.45, 7) is 2.03. The number of nitrogens with one attached hydrogen (secondary N) is 1. The molecule has 2 nitrogen and oxygen atoms in total. The van der Waals surface area contributed by atoms with Crippen LogP contribution in [0.15, 0.2) is 46.9 Å². The Morgan fingerprint density at radius 2 is 1.89 bits per heavy atom. The third-order valence-corrected chi connectivity index (χ3v) is 3.58. The minimum atomic E-state index is 0.422. The highest BCUT2D eigenvalue weighted by atomic mass is 79.9. The van der Waals surface area contributed by atoms with Crippen molar-refractivity contribution in [3.8, 4) is 0 Å². The van der Waals surface area contributed by atoms with Crippen LogP contribution < -0.4 is 11.1 Å². The smallest absolute Gasteiger partial charge is 0.103 e. The number of anilines is 2. The molecule has 0 aromatic heterocycles. The number of hydrogen-bond donors (Lipinski definition) is 2. The first-order valence-electron chi connectivity index (χ1n) is 5.50. The summed E-state index contributed by atoms with van der Waals surface area (Å²) in [5.41, 5.74) is 9.68. The first-order valence-corrected chi connectivity index (χ1v) is 6.70. The van der Waals surface area contributed by atoms with Crippen LogP contribution in [0, 0.1) is 6.92 Å². The van der Waals surface area contributed by atoms with Crippen molar-refractivity contribution in [3.63, 3.8) is 0 Å². The molecule has 4 heteroatoms. The summed E-state index contributed by atoms with van der Waals surface area (Å²) >= 11 is 8.48. The van der Waals surface area contributed by atoms with E-state index in [0.29, 0.717) is 4.99 Å². The maximum Gasteiger partial charge on any atom is 0.103 e. The van der Waals surface area contributed by atoms with Crippen LogP contribution in [0.4, 0.5) is 11.4 Å². The second-order valence-corrected chi connectivity index (χ2v) is 5.29. The number of benzene rings is 2. The average molecular weight is 321 g/mol. The van der Waals surface area contributed by atoms with E-state index in [9.17, 15) is 0 Å². The predicted octanol–water partition coefficient (Wildman–Crippen LogP) is 4.14. The van der Waals surface area contributed by atoms with Crippen LogP contribution in [-0.2, 0) is 0 Å². The molecule has 0 heterocycles. The highest BCUT2D eigenvalue weighted by molar-refractivity contribution is 9.10. The number of thiocarbonyl (C=S) groups is 1. The summed E-state index contributed by atoms with van der Waals surface area (Å²) in [7, 11) is 0. The summed E-state index contributed by atoms with van der Waals surface area (Å²) in [4.78, 5) is 0.422. The van der Waals surface area contributed by atoms with E-state index in [1.54, 1.807) is 0 Å². The molecule has 2 aromatic carbocycles. The molecule has 0 bridgehead atoms. The Kier molecular flexibility index (Phi) is 3.99.